The van der Waals surface area contributed by atoms with Crippen LogP contribution in [0.2, 0.25) is 0 Å². The summed E-state index contributed by atoms with van der Waals surface area (Å²) in [5.74, 6) is 0.229. The lowest BCUT2D eigenvalue weighted by atomic mass is 10.0. The van der Waals surface area contributed by atoms with Crippen molar-refractivity contribution in [2.45, 2.75) is 33.1 Å². The first-order valence-corrected chi connectivity index (χ1v) is 7.85. The van der Waals surface area contributed by atoms with E-state index in [1.165, 1.54) is 0 Å². The smallest absolute Gasteiger partial charge is 0.259 e. The van der Waals surface area contributed by atoms with Crippen LogP contribution in [0.4, 0.5) is 0 Å². The summed E-state index contributed by atoms with van der Waals surface area (Å²) in [6.07, 6.45) is 0.972. The molecule has 3 rings (SSSR count). The van der Waals surface area contributed by atoms with Gasteiger partial charge in [0.25, 0.3) is 11.6 Å². The summed E-state index contributed by atoms with van der Waals surface area (Å²) in [6, 6.07) is 1.85. The number of carbonyl (C=O) groups is 1. The van der Waals surface area contributed by atoms with Crippen molar-refractivity contribution in [2.24, 2.45) is 0 Å². The maximum absolute atomic E-state index is 13.0. The molecule has 0 bridgehead atoms. The van der Waals surface area contributed by atoms with E-state index in [0.717, 1.165) is 49.4 Å². The third-order valence-electron chi connectivity index (χ3n) is 4.01. The summed E-state index contributed by atoms with van der Waals surface area (Å²) in [5.41, 5.74) is 2.70. The summed E-state index contributed by atoms with van der Waals surface area (Å²) in [7, 11) is 0. The summed E-state index contributed by atoms with van der Waals surface area (Å²) in [6.45, 7) is 9.25. The average Bonchev–Trinajstić information content (AvgIpc) is 2.72. The van der Waals surface area contributed by atoms with Crippen molar-refractivity contribution in [3.8, 4) is 0 Å². The molecule has 2 aromatic rings. The third-order valence-corrected chi connectivity index (χ3v) is 4.01. The summed E-state index contributed by atoms with van der Waals surface area (Å²) >= 11 is 0. The molecule has 2 aromatic heterocycles. The first-order chi connectivity index (χ1) is 10.6. The predicted octanol–water partition coefficient (Wildman–Crippen LogP) is 2.51. The van der Waals surface area contributed by atoms with E-state index in [-0.39, 0.29) is 24.2 Å². The SMILES string of the molecule is Cc1cc(C(=O)N2CCCNCC2)c2c(C(C)C)noc2n1.Cl. The van der Waals surface area contributed by atoms with Gasteiger partial charge in [-0.25, -0.2) is 4.98 Å². The largest absolute Gasteiger partial charge is 0.337 e. The van der Waals surface area contributed by atoms with E-state index in [1.807, 2.05) is 31.7 Å². The van der Waals surface area contributed by atoms with Crippen LogP contribution in [-0.4, -0.2) is 47.1 Å². The zero-order chi connectivity index (χ0) is 15.7. The van der Waals surface area contributed by atoms with Gasteiger partial charge in [0.2, 0.25) is 0 Å². The van der Waals surface area contributed by atoms with Crippen molar-refractivity contribution < 1.29 is 9.32 Å². The van der Waals surface area contributed by atoms with Crippen molar-refractivity contribution in [1.29, 1.82) is 0 Å². The van der Waals surface area contributed by atoms with Crippen molar-refractivity contribution in [3.05, 3.63) is 23.0 Å². The topological polar surface area (TPSA) is 71.3 Å². The Morgan fingerprint density at radius 2 is 2.13 bits per heavy atom. The molecule has 1 aliphatic rings. The second-order valence-corrected chi connectivity index (χ2v) is 6.11. The van der Waals surface area contributed by atoms with Crippen LogP contribution in [0.5, 0.6) is 0 Å². The van der Waals surface area contributed by atoms with Gasteiger partial charge in [-0.1, -0.05) is 19.0 Å². The molecular formula is C16H23ClN4O2. The molecular weight excluding hydrogens is 316 g/mol. The zero-order valence-electron chi connectivity index (χ0n) is 13.8. The van der Waals surface area contributed by atoms with E-state index < -0.39 is 0 Å². The van der Waals surface area contributed by atoms with E-state index in [9.17, 15) is 4.79 Å². The molecule has 23 heavy (non-hydrogen) atoms. The van der Waals surface area contributed by atoms with Crippen molar-refractivity contribution >= 4 is 29.4 Å². The van der Waals surface area contributed by atoms with Gasteiger partial charge in [0.05, 0.1) is 16.6 Å². The Morgan fingerprint density at radius 3 is 2.87 bits per heavy atom. The number of nitrogens with zero attached hydrogens (tertiary/aromatic N) is 3. The Morgan fingerprint density at radius 1 is 1.35 bits per heavy atom. The third kappa shape index (κ3) is 3.48. The monoisotopic (exact) mass is 338 g/mol. The van der Waals surface area contributed by atoms with Gasteiger partial charge in [-0.3, -0.25) is 4.79 Å². The molecule has 0 spiro atoms. The van der Waals surface area contributed by atoms with Gasteiger partial charge >= 0.3 is 0 Å². The fourth-order valence-electron chi connectivity index (χ4n) is 2.88. The van der Waals surface area contributed by atoms with Gasteiger partial charge in [0, 0.05) is 25.3 Å². The fourth-order valence-corrected chi connectivity index (χ4v) is 2.88. The predicted molar refractivity (Wildman–Crippen MR) is 91.3 cm³/mol. The van der Waals surface area contributed by atoms with Crippen molar-refractivity contribution in [2.75, 3.05) is 26.2 Å². The molecule has 1 aliphatic heterocycles. The minimum absolute atomic E-state index is 0. The van der Waals surface area contributed by atoms with Crippen molar-refractivity contribution in [3.63, 3.8) is 0 Å². The highest BCUT2D eigenvalue weighted by Crippen LogP contribution is 2.28. The maximum atomic E-state index is 13.0. The molecule has 3 heterocycles. The number of pyridine rings is 1. The second kappa shape index (κ2) is 7.27. The molecule has 0 aromatic carbocycles. The first kappa shape index (κ1) is 17.7. The lowest BCUT2D eigenvalue weighted by Gasteiger charge is -2.20. The maximum Gasteiger partial charge on any atom is 0.259 e. The number of nitrogens with one attached hydrogen (secondary N) is 1. The lowest BCUT2D eigenvalue weighted by Crippen LogP contribution is -2.34. The molecule has 126 valence electrons. The van der Waals surface area contributed by atoms with Gasteiger partial charge in [-0.05, 0) is 31.9 Å². The summed E-state index contributed by atoms with van der Waals surface area (Å²) in [5, 5.41) is 8.21. The number of amides is 1. The van der Waals surface area contributed by atoms with Gasteiger partial charge in [-0.15, -0.1) is 12.4 Å². The molecule has 0 atom stereocenters. The highest BCUT2D eigenvalue weighted by Gasteiger charge is 2.25. The fraction of sp³-hybridized carbons (Fsp3) is 0.562. The Hall–Kier alpha value is -1.66. The number of halogens is 1. The Balaban J connectivity index is 0.00000192. The van der Waals surface area contributed by atoms with Gasteiger partial charge in [0.15, 0.2) is 0 Å². The number of aromatic nitrogens is 2. The van der Waals surface area contributed by atoms with Crippen LogP contribution >= 0.6 is 12.4 Å². The minimum Gasteiger partial charge on any atom is -0.337 e. The molecule has 1 N–H and O–H groups in total. The number of fused-ring (bicyclic) bond motifs is 1. The molecule has 6 nitrogen and oxygen atoms in total. The van der Waals surface area contributed by atoms with Gasteiger partial charge in [0.1, 0.15) is 0 Å². The van der Waals surface area contributed by atoms with Crippen LogP contribution in [0.1, 0.15) is 47.9 Å². The molecule has 0 aliphatic carbocycles. The molecule has 1 fully saturated rings. The van der Waals surface area contributed by atoms with Gasteiger partial charge < -0.3 is 14.7 Å². The number of carbonyl (C=O) groups excluding carboxylic acids is 1. The number of hydrogen-bond acceptors (Lipinski definition) is 5. The summed E-state index contributed by atoms with van der Waals surface area (Å²) in [4.78, 5) is 19.3. The Bertz CT molecular complexity index is 691. The molecule has 0 saturated carbocycles. The molecule has 7 heteroatoms. The normalized spacial score (nSPS) is 15.6. The average molecular weight is 339 g/mol. The van der Waals surface area contributed by atoms with E-state index in [0.29, 0.717) is 11.3 Å². The second-order valence-electron chi connectivity index (χ2n) is 6.11. The zero-order valence-corrected chi connectivity index (χ0v) is 14.6. The quantitative estimate of drug-likeness (QED) is 0.911. The summed E-state index contributed by atoms with van der Waals surface area (Å²) < 4.78 is 5.35. The first-order valence-electron chi connectivity index (χ1n) is 7.85. The number of aryl methyl sites for hydroxylation is 1. The van der Waals surface area contributed by atoms with Crippen LogP contribution in [-0.2, 0) is 0 Å². The molecule has 0 radical (unpaired) electrons. The van der Waals surface area contributed by atoms with Gasteiger partial charge in [-0.2, -0.15) is 0 Å². The van der Waals surface area contributed by atoms with E-state index in [2.05, 4.69) is 15.5 Å². The molecule has 1 saturated heterocycles. The highest BCUT2D eigenvalue weighted by atomic mass is 35.5. The van der Waals surface area contributed by atoms with Crippen LogP contribution < -0.4 is 5.32 Å². The Kier molecular flexibility index (Phi) is 5.59. The van der Waals surface area contributed by atoms with Crippen LogP contribution in [0.25, 0.3) is 11.1 Å². The molecule has 0 unspecified atom stereocenters. The van der Waals surface area contributed by atoms with E-state index in [1.54, 1.807) is 0 Å². The molecule has 1 amide bonds. The van der Waals surface area contributed by atoms with Crippen molar-refractivity contribution in [1.82, 2.24) is 20.4 Å². The lowest BCUT2D eigenvalue weighted by molar-refractivity contribution is 0.0768. The van der Waals surface area contributed by atoms with Crippen LogP contribution in [0, 0.1) is 6.92 Å². The van der Waals surface area contributed by atoms with Crippen LogP contribution in [0.3, 0.4) is 0 Å². The number of rotatable bonds is 2. The number of hydrogen-bond donors (Lipinski definition) is 1. The highest BCUT2D eigenvalue weighted by molar-refractivity contribution is 6.06. The standard InChI is InChI=1S/C16H22N4O2.ClH/c1-10(2)14-13-12(9-11(3)18-15(13)22-19-14)16(21)20-7-4-5-17-6-8-20;/h9-10,17H,4-8H2,1-3H3;1H. The van der Waals surface area contributed by atoms with E-state index >= 15 is 0 Å². The van der Waals surface area contributed by atoms with Crippen LogP contribution in [0.15, 0.2) is 10.6 Å². The minimum atomic E-state index is 0. The van der Waals surface area contributed by atoms with E-state index in [4.69, 9.17) is 4.52 Å². The Labute approximate surface area is 142 Å².